The number of nitrogens with two attached hydrogens (primary N) is 1. The van der Waals surface area contributed by atoms with Gasteiger partial charge in [0.1, 0.15) is 6.04 Å². The average Bonchev–Trinajstić information content (AvgIpc) is 2.90. The van der Waals surface area contributed by atoms with Crippen LogP contribution >= 0.6 is 0 Å². The SMILES string of the molecule is NCc1ccc2c(c1)CN(C1CCC(=O)NC1=O)C2=O.O=C(O)C(F)(F)F. The first-order valence-corrected chi connectivity index (χ1v) is 7.81. The highest BCUT2D eigenvalue weighted by Gasteiger charge is 2.39. The van der Waals surface area contributed by atoms with E-state index in [2.05, 4.69) is 5.32 Å². The maximum atomic E-state index is 12.4. The highest BCUT2D eigenvalue weighted by atomic mass is 19.4. The summed E-state index contributed by atoms with van der Waals surface area (Å²) < 4.78 is 31.7. The molecular formula is C16H16F3N3O5. The fourth-order valence-electron chi connectivity index (χ4n) is 2.75. The van der Waals surface area contributed by atoms with Crippen molar-refractivity contribution in [1.29, 1.82) is 0 Å². The van der Waals surface area contributed by atoms with Crippen LogP contribution in [0.2, 0.25) is 0 Å². The third-order valence-electron chi connectivity index (χ3n) is 4.07. The van der Waals surface area contributed by atoms with Gasteiger partial charge in [-0.1, -0.05) is 12.1 Å². The zero-order valence-corrected chi connectivity index (χ0v) is 13.9. The molecule has 1 fully saturated rings. The van der Waals surface area contributed by atoms with E-state index in [9.17, 15) is 27.6 Å². The van der Waals surface area contributed by atoms with Crippen molar-refractivity contribution in [1.82, 2.24) is 10.2 Å². The Balaban J connectivity index is 0.000000321. The lowest BCUT2D eigenvalue weighted by Gasteiger charge is -2.29. The Bertz CT molecular complexity index is 794. The number of carboxylic acids is 1. The van der Waals surface area contributed by atoms with E-state index in [1.807, 2.05) is 12.1 Å². The van der Waals surface area contributed by atoms with Crippen LogP contribution in [0.15, 0.2) is 18.2 Å². The number of fused-ring (bicyclic) bond motifs is 1. The first-order valence-electron chi connectivity index (χ1n) is 7.81. The van der Waals surface area contributed by atoms with Crippen LogP contribution in [-0.2, 0) is 27.5 Å². The van der Waals surface area contributed by atoms with Gasteiger partial charge in [0.2, 0.25) is 11.8 Å². The maximum Gasteiger partial charge on any atom is 0.490 e. The second kappa shape index (κ2) is 7.74. The molecule has 1 aromatic carbocycles. The second-order valence-electron chi connectivity index (χ2n) is 5.90. The number of nitrogens with one attached hydrogen (secondary N) is 1. The number of hydrogen-bond donors (Lipinski definition) is 3. The van der Waals surface area contributed by atoms with Gasteiger partial charge in [0, 0.05) is 25.1 Å². The Morgan fingerprint density at radius 2 is 1.93 bits per heavy atom. The molecule has 146 valence electrons. The van der Waals surface area contributed by atoms with Crippen LogP contribution in [0.4, 0.5) is 13.2 Å². The van der Waals surface area contributed by atoms with Crippen molar-refractivity contribution < 1.29 is 37.5 Å². The fraction of sp³-hybridized carbons (Fsp3) is 0.375. The first-order chi connectivity index (χ1) is 12.5. The predicted molar refractivity (Wildman–Crippen MR) is 84.1 cm³/mol. The molecule has 1 saturated heterocycles. The largest absolute Gasteiger partial charge is 0.490 e. The molecule has 2 heterocycles. The van der Waals surface area contributed by atoms with Crippen LogP contribution in [0.5, 0.6) is 0 Å². The second-order valence-corrected chi connectivity index (χ2v) is 5.90. The normalized spacial score (nSPS) is 19.2. The minimum atomic E-state index is -5.08. The third-order valence-corrected chi connectivity index (χ3v) is 4.07. The molecule has 2 aliphatic rings. The van der Waals surface area contributed by atoms with Gasteiger partial charge in [-0.25, -0.2) is 4.79 Å². The number of piperidine rings is 1. The summed E-state index contributed by atoms with van der Waals surface area (Å²) in [6.45, 7) is 0.814. The molecule has 4 N–H and O–H groups in total. The van der Waals surface area contributed by atoms with Crippen molar-refractivity contribution in [2.75, 3.05) is 0 Å². The Morgan fingerprint density at radius 3 is 2.44 bits per heavy atom. The summed E-state index contributed by atoms with van der Waals surface area (Å²) in [5.41, 5.74) is 8.06. The van der Waals surface area contributed by atoms with Crippen LogP contribution in [0, 0.1) is 0 Å². The summed E-state index contributed by atoms with van der Waals surface area (Å²) in [6.07, 6.45) is -4.43. The van der Waals surface area contributed by atoms with E-state index in [-0.39, 0.29) is 24.1 Å². The van der Waals surface area contributed by atoms with Crippen LogP contribution in [0.1, 0.15) is 34.3 Å². The topological polar surface area (TPSA) is 130 Å². The molecule has 2 aliphatic heterocycles. The number of rotatable bonds is 2. The van der Waals surface area contributed by atoms with E-state index in [1.54, 1.807) is 6.07 Å². The van der Waals surface area contributed by atoms with Crippen LogP contribution in [-0.4, -0.2) is 45.9 Å². The van der Waals surface area contributed by atoms with E-state index < -0.39 is 18.2 Å². The number of amides is 3. The van der Waals surface area contributed by atoms with Gasteiger partial charge in [-0.05, 0) is 23.6 Å². The smallest absolute Gasteiger partial charge is 0.475 e. The van der Waals surface area contributed by atoms with Crippen molar-refractivity contribution in [2.24, 2.45) is 5.73 Å². The van der Waals surface area contributed by atoms with Crippen molar-refractivity contribution in [3.63, 3.8) is 0 Å². The lowest BCUT2D eigenvalue weighted by molar-refractivity contribution is -0.192. The number of carboxylic acid groups (broad SMARTS) is 1. The minimum absolute atomic E-state index is 0.155. The number of benzene rings is 1. The zero-order valence-electron chi connectivity index (χ0n) is 13.9. The molecule has 8 nitrogen and oxygen atoms in total. The first kappa shape index (κ1) is 20.4. The number of nitrogens with zero attached hydrogens (tertiary/aromatic N) is 1. The number of alkyl halides is 3. The summed E-state index contributed by atoms with van der Waals surface area (Å²) in [4.78, 5) is 45.8. The van der Waals surface area contributed by atoms with Gasteiger partial charge >= 0.3 is 12.1 Å². The summed E-state index contributed by atoms with van der Waals surface area (Å²) in [7, 11) is 0. The summed E-state index contributed by atoms with van der Waals surface area (Å²) >= 11 is 0. The monoisotopic (exact) mass is 387 g/mol. The molecule has 27 heavy (non-hydrogen) atoms. The van der Waals surface area contributed by atoms with Gasteiger partial charge in [0.15, 0.2) is 0 Å². The minimum Gasteiger partial charge on any atom is -0.475 e. The number of hydrogen-bond acceptors (Lipinski definition) is 5. The molecule has 1 atom stereocenters. The Kier molecular flexibility index (Phi) is 5.84. The van der Waals surface area contributed by atoms with Crippen molar-refractivity contribution in [2.45, 2.75) is 38.1 Å². The molecule has 0 saturated carbocycles. The number of carbonyl (C=O) groups excluding carboxylic acids is 3. The summed E-state index contributed by atoms with van der Waals surface area (Å²) in [5.74, 6) is -3.58. The molecule has 0 aromatic heterocycles. The van der Waals surface area contributed by atoms with Gasteiger partial charge in [-0.2, -0.15) is 13.2 Å². The predicted octanol–water partition coefficient (Wildman–Crippen LogP) is 0.540. The molecular weight excluding hydrogens is 371 g/mol. The molecule has 11 heteroatoms. The molecule has 0 radical (unpaired) electrons. The average molecular weight is 387 g/mol. The van der Waals surface area contributed by atoms with Gasteiger partial charge in [0.25, 0.3) is 5.91 Å². The summed E-state index contributed by atoms with van der Waals surface area (Å²) in [5, 5.41) is 9.41. The Labute approximate surface area is 151 Å². The van der Waals surface area contributed by atoms with Crippen molar-refractivity contribution >= 4 is 23.7 Å². The maximum absolute atomic E-state index is 12.4. The standard InChI is InChI=1S/C14H15N3O3.C2HF3O2/c15-6-8-1-2-10-9(5-8)7-17(14(10)20)11-3-4-12(18)16-13(11)19;3-2(4,5)1(6)7/h1-2,5,11H,3-4,6-7,15H2,(H,16,18,19);(H,6,7). The number of aliphatic carboxylic acids is 1. The van der Waals surface area contributed by atoms with Gasteiger partial charge in [-0.15, -0.1) is 0 Å². The van der Waals surface area contributed by atoms with Gasteiger partial charge in [-0.3, -0.25) is 19.7 Å². The van der Waals surface area contributed by atoms with E-state index in [4.69, 9.17) is 15.6 Å². The highest BCUT2D eigenvalue weighted by molar-refractivity contribution is 6.05. The van der Waals surface area contributed by atoms with Gasteiger partial charge < -0.3 is 15.7 Å². The number of carbonyl (C=O) groups is 4. The van der Waals surface area contributed by atoms with Crippen molar-refractivity contribution in [3.8, 4) is 0 Å². The molecule has 3 amide bonds. The quantitative estimate of drug-likeness (QED) is 0.635. The van der Waals surface area contributed by atoms with Crippen LogP contribution in [0.3, 0.4) is 0 Å². The zero-order chi connectivity index (χ0) is 20.4. The fourth-order valence-corrected chi connectivity index (χ4v) is 2.75. The molecule has 0 bridgehead atoms. The van der Waals surface area contributed by atoms with Crippen LogP contribution in [0.25, 0.3) is 0 Å². The van der Waals surface area contributed by atoms with Crippen molar-refractivity contribution in [3.05, 3.63) is 34.9 Å². The van der Waals surface area contributed by atoms with E-state index in [0.717, 1.165) is 11.1 Å². The Morgan fingerprint density at radius 1 is 1.30 bits per heavy atom. The Hall–Kier alpha value is -2.95. The van der Waals surface area contributed by atoms with E-state index >= 15 is 0 Å². The number of imide groups is 1. The van der Waals surface area contributed by atoms with E-state index in [0.29, 0.717) is 25.1 Å². The molecule has 3 rings (SSSR count). The highest BCUT2D eigenvalue weighted by Crippen LogP contribution is 2.28. The van der Waals surface area contributed by atoms with Crippen LogP contribution < -0.4 is 11.1 Å². The summed E-state index contributed by atoms with van der Waals surface area (Å²) in [6, 6.07) is 4.92. The number of halogens is 3. The molecule has 0 spiro atoms. The molecule has 0 aliphatic carbocycles. The lowest BCUT2D eigenvalue weighted by Crippen LogP contribution is -2.52. The van der Waals surface area contributed by atoms with E-state index in [1.165, 1.54) is 4.90 Å². The van der Waals surface area contributed by atoms with Gasteiger partial charge in [0.05, 0.1) is 0 Å². The third kappa shape index (κ3) is 4.61. The molecule has 1 aromatic rings. The molecule has 1 unspecified atom stereocenters. The lowest BCUT2D eigenvalue weighted by atomic mass is 10.0.